The van der Waals surface area contributed by atoms with Crippen LogP contribution in [-0.2, 0) is 5.88 Å². The molecule has 0 saturated heterocycles. The molecule has 2 nitrogen and oxygen atoms in total. The molecule has 0 fully saturated rings. The minimum atomic E-state index is -2.66. The van der Waals surface area contributed by atoms with Crippen LogP contribution >= 0.6 is 11.6 Å². The first-order valence-corrected chi connectivity index (χ1v) is 4.16. The first kappa shape index (κ1) is 10.2. The standard InChI is InChI=1S/C8H8ClF2NO/c1-4-2-6(7(10)11)12-8(13)5(4)3-9/h2,7H,3H2,1H3,(H,12,13). The van der Waals surface area contributed by atoms with Gasteiger partial charge in [0.2, 0.25) is 0 Å². The van der Waals surface area contributed by atoms with Gasteiger partial charge >= 0.3 is 0 Å². The third kappa shape index (κ3) is 2.06. The zero-order valence-electron chi connectivity index (χ0n) is 6.90. The Balaban J connectivity index is 3.29. The molecule has 1 rings (SSSR count). The molecule has 0 aliphatic carbocycles. The summed E-state index contributed by atoms with van der Waals surface area (Å²) in [5.41, 5.74) is -0.0678. The van der Waals surface area contributed by atoms with Crippen LogP contribution in [0.3, 0.4) is 0 Å². The van der Waals surface area contributed by atoms with E-state index in [4.69, 9.17) is 11.6 Å². The van der Waals surface area contributed by atoms with E-state index in [0.717, 1.165) is 0 Å². The van der Waals surface area contributed by atoms with E-state index in [1.165, 1.54) is 6.07 Å². The zero-order valence-corrected chi connectivity index (χ0v) is 7.66. The van der Waals surface area contributed by atoms with E-state index in [0.29, 0.717) is 11.1 Å². The van der Waals surface area contributed by atoms with E-state index >= 15 is 0 Å². The summed E-state index contributed by atoms with van der Waals surface area (Å²) in [6.07, 6.45) is -2.66. The number of aromatic nitrogens is 1. The van der Waals surface area contributed by atoms with Crippen molar-refractivity contribution in [1.82, 2.24) is 4.98 Å². The molecule has 1 N–H and O–H groups in total. The fraction of sp³-hybridized carbons (Fsp3) is 0.375. The lowest BCUT2D eigenvalue weighted by Gasteiger charge is -2.04. The van der Waals surface area contributed by atoms with Crippen LogP contribution in [0.1, 0.15) is 23.2 Å². The maximum absolute atomic E-state index is 12.2. The van der Waals surface area contributed by atoms with Gasteiger partial charge in [-0.15, -0.1) is 11.6 Å². The van der Waals surface area contributed by atoms with Crippen molar-refractivity contribution in [3.8, 4) is 0 Å². The molecule has 72 valence electrons. The highest BCUT2D eigenvalue weighted by Crippen LogP contribution is 2.17. The van der Waals surface area contributed by atoms with Gasteiger partial charge in [0.15, 0.2) is 0 Å². The zero-order chi connectivity index (χ0) is 10.0. The molecule has 1 aromatic rings. The number of hydrogen-bond acceptors (Lipinski definition) is 1. The van der Waals surface area contributed by atoms with E-state index in [1.807, 2.05) is 0 Å². The maximum Gasteiger partial charge on any atom is 0.278 e. The molecule has 0 spiro atoms. The van der Waals surface area contributed by atoms with Gasteiger partial charge in [-0.25, -0.2) is 8.78 Å². The van der Waals surface area contributed by atoms with Crippen LogP contribution in [0, 0.1) is 6.92 Å². The van der Waals surface area contributed by atoms with Gasteiger partial charge in [-0.2, -0.15) is 0 Å². The Bertz CT molecular complexity index is 362. The average molecular weight is 208 g/mol. The van der Waals surface area contributed by atoms with E-state index < -0.39 is 12.0 Å². The molecule has 0 amide bonds. The van der Waals surface area contributed by atoms with Crippen LogP contribution in [-0.4, -0.2) is 4.98 Å². The summed E-state index contributed by atoms with van der Waals surface area (Å²) in [4.78, 5) is 13.2. The molecule has 0 unspecified atom stereocenters. The number of halogens is 3. The molecule has 0 saturated carbocycles. The molecule has 0 radical (unpaired) electrons. The number of aryl methyl sites for hydroxylation is 1. The number of pyridine rings is 1. The van der Waals surface area contributed by atoms with Crippen LogP contribution in [0.5, 0.6) is 0 Å². The molecular weight excluding hydrogens is 200 g/mol. The van der Waals surface area contributed by atoms with E-state index in [1.54, 1.807) is 6.92 Å². The van der Waals surface area contributed by atoms with Crippen LogP contribution in [0.15, 0.2) is 10.9 Å². The Morgan fingerprint density at radius 1 is 1.62 bits per heavy atom. The molecular formula is C8H8ClF2NO. The largest absolute Gasteiger partial charge is 0.321 e. The Hall–Kier alpha value is -0.900. The van der Waals surface area contributed by atoms with Gasteiger partial charge in [-0.3, -0.25) is 4.79 Å². The summed E-state index contributed by atoms with van der Waals surface area (Å²) in [5, 5.41) is 0. The smallest absolute Gasteiger partial charge is 0.278 e. The molecule has 1 aromatic heterocycles. The van der Waals surface area contributed by atoms with Crippen molar-refractivity contribution >= 4 is 11.6 Å². The van der Waals surface area contributed by atoms with E-state index in [9.17, 15) is 13.6 Å². The summed E-state index contributed by atoms with van der Waals surface area (Å²) in [7, 11) is 0. The average Bonchev–Trinajstić information content (AvgIpc) is 2.03. The van der Waals surface area contributed by atoms with Crippen LogP contribution in [0.4, 0.5) is 8.78 Å². The summed E-state index contributed by atoms with van der Waals surface area (Å²) >= 11 is 5.46. The van der Waals surface area contributed by atoms with Crippen molar-refractivity contribution in [2.45, 2.75) is 19.2 Å². The van der Waals surface area contributed by atoms with Crippen LogP contribution in [0.2, 0.25) is 0 Å². The highest BCUT2D eigenvalue weighted by molar-refractivity contribution is 6.17. The van der Waals surface area contributed by atoms with E-state index in [2.05, 4.69) is 4.98 Å². The summed E-state index contributed by atoms with van der Waals surface area (Å²) in [6.45, 7) is 1.58. The highest BCUT2D eigenvalue weighted by Gasteiger charge is 2.11. The maximum atomic E-state index is 12.2. The van der Waals surface area contributed by atoms with E-state index in [-0.39, 0.29) is 11.6 Å². The van der Waals surface area contributed by atoms with Gasteiger partial charge in [0, 0.05) is 5.56 Å². The predicted octanol–water partition coefficient (Wildman–Crippen LogP) is 2.36. The highest BCUT2D eigenvalue weighted by atomic mass is 35.5. The number of alkyl halides is 3. The Kier molecular flexibility index (Phi) is 3.03. The summed E-state index contributed by atoms with van der Waals surface area (Å²) in [6, 6.07) is 1.24. The Morgan fingerprint density at radius 3 is 2.62 bits per heavy atom. The topological polar surface area (TPSA) is 32.9 Å². The quantitative estimate of drug-likeness (QED) is 0.742. The van der Waals surface area contributed by atoms with Gasteiger partial charge in [-0.05, 0) is 18.6 Å². The van der Waals surface area contributed by atoms with Gasteiger partial charge in [0.05, 0.1) is 11.6 Å². The van der Waals surface area contributed by atoms with Gasteiger partial charge in [0.25, 0.3) is 12.0 Å². The molecule has 0 bridgehead atoms. The molecule has 0 atom stereocenters. The second kappa shape index (κ2) is 3.87. The number of aromatic amines is 1. The third-order valence-electron chi connectivity index (χ3n) is 1.75. The second-order valence-electron chi connectivity index (χ2n) is 2.65. The molecule has 0 aliphatic rings. The number of H-pyrrole nitrogens is 1. The van der Waals surface area contributed by atoms with Crippen molar-refractivity contribution in [1.29, 1.82) is 0 Å². The monoisotopic (exact) mass is 207 g/mol. The molecule has 13 heavy (non-hydrogen) atoms. The van der Waals surface area contributed by atoms with Crippen molar-refractivity contribution in [3.63, 3.8) is 0 Å². The third-order valence-corrected chi connectivity index (χ3v) is 2.02. The van der Waals surface area contributed by atoms with Crippen molar-refractivity contribution in [2.75, 3.05) is 0 Å². The minimum Gasteiger partial charge on any atom is -0.321 e. The van der Waals surface area contributed by atoms with Crippen molar-refractivity contribution < 1.29 is 8.78 Å². The number of rotatable bonds is 2. The van der Waals surface area contributed by atoms with Gasteiger partial charge < -0.3 is 4.98 Å². The lowest BCUT2D eigenvalue weighted by Crippen LogP contribution is -2.15. The van der Waals surface area contributed by atoms with Crippen molar-refractivity contribution in [3.05, 3.63) is 33.2 Å². The molecule has 5 heteroatoms. The molecule has 0 aromatic carbocycles. The fourth-order valence-electron chi connectivity index (χ4n) is 1.03. The van der Waals surface area contributed by atoms with Gasteiger partial charge in [0.1, 0.15) is 0 Å². The van der Waals surface area contributed by atoms with Crippen molar-refractivity contribution in [2.24, 2.45) is 0 Å². The summed E-state index contributed by atoms with van der Waals surface area (Å²) in [5.74, 6) is 0.0324. The molecule has 0 aliphatic heterocycles. The fourth-order valence-corrected chi connectivity index (χ4v) is 1.36. The minimum absolute atomic E-state index is 0.0324. The SMILES string of the molecule is Cc1cc(C(F)F)[nH]c(=O)c1CCl. The first-order valence-electron chi connectivity index (χ1n) is 3.63. The predicted molar refractivity (Wildman–Crippen MR) is 46.3 cm³/mol. The van der Waals surface area contributed by atoms with Crippen LogP contribution < -0.4 is 5.56 Å². The Labute approximate surface area is 78.5 Å². The van der Waals surface area contributed by atoms with Gasteiger partial charge in [-0.1, -0.05) is 0 Å². The number of nitrogens with one attached hydrogen (secondary N) is 1. The second-order valence-corrected chi connectivity index (χ2v) is 2.92. The summed E-state index contributed by atoms with van der Waals surface area (Å²) < 4.78 is 24.3. The Morgan fingerprint density at radius 2 is 2.23 bits per heavy atom. The number of hydrogen-bond donors (Lipinski definition) is 1. The lowest BCUT2D eigenvalue weighted by molar-refractivity contribution is 0.145. The normalized spacial score (nSPS) is 10.8. The molecule has 1 heterocycles. The van der Waals surface area contributed by atoms with Crippen LogP contribution in [0.25, 0.3) is 0 Å². The first-order chi connectivity index (χ1) is 6.06. The lowest BCUT2D eigenvalue weighted by atomic mass is 10.1.